The summed E-state index contributed by atoms with van der Waals surface area (Å²) in [5.41, 5.74) is -0.0241. The van der Waals surface area contributed by atoms with Crippen LogP contribution in [0.1, 0.15) is 27.7 Å². The highest BCUT2D eigenvalue weighted by Gasteiger charge is 2.17. The summed E-state index contributed by atoms with van der Waals surface area (Å²) in [6, 6.07) is 0. The zero-order chi connectivity index (χ0) is 9.99. The van der Waals surface area contributed by atoms with Crippen molar-refractivity contribution in [1.29, 1.82) is 0 Å². The molecule has 0 unspecified atom stereocenters. The van der Waals surface area contributed by atoms with Crippen molar-refractivity contribution < 1.29 is 4.43 Å². The quantitative estimate of drug-likeness (QED) is 0.351. The van der Waals surface area contributed by atoms with E-state index in [4.69, 9.17) is 4.43 Å². The fourth-order valence-electron chi connectivity index (χ4n) is 0.938. The molecule has 0 atom stereocenters. The van der Waals surface area contributed by atoms with Crippen LogP contribution in [-0.2, 0) is 4.43 Å². The molecule has 12 heavy (non-hydrogen) atoms. The minimum Gasteiger partial charge on any atom is -0.535 e. The Labute approximate surface area is 77.2 Å². The summed E-state index contributed by atoms with van der Waals surface area (Å²) in [5, 5.41) is 0. The van der Waals surface area contributed by atoms with Gasteiger partial charge in [-0.15, -0.1) is 0 Å². The lowest BCUT2D eigenvalue weighted by Gasteiger charge is -2.21. The first kappa shape index (κ1) is 11.7. The van der Waals surface area contributed by atoms with E-state index < -0.39 is 8.32 Å². The van der Waals surface area contributed by atoms with E-state index in [0.29, 0.717) is 0 Å². The largest absolute Gasteiger partial charge is 0.535 e. The summed E-state index contributed by atoms with van der Waals surface area (Å²) >= 11 is 0. The molecular weight excluding hydrogens is 166 g/mol. The maximum atomic E-state index is 5.70. The van der Waals surface area contributed by atoms with Crippen LogP contribution in [0.5, 0.6) is 0 Å². The molecule has 0 aromatic rings. The molecule has 0 aliphatic carbocycles. The van der Waals surface area contributed by atoms with Crippen molar-refractivity contribution in [3.8, 4) is 0 Å². The molecule has 0 aromatic heterocycles. The van der Waals surface area contributed by atoms with E-state index in [-0.39, 0.29) is 5.54 Å². The average Bonchev–Trinajstić information content (AvgIpc) is 1.49. The third-order valence-electron chi connectivity index (χ3n) is 0.947. The van der Waals surface area contributed by atoms with Crippen LogP contribution in [0.25, 0.3) is 0 Å². The molecular formula is C9H21NOSi. The minimum absolute atomic E-state index is 0.0241. The molecule has 3 heteroatoms. The molecule has 0 bridgehead atoms. The van der Waals surface area contributed by atoms with E-state index >= 15 is 0 Å². The molecule has 0 radical (unpaired) electrons. The van der Waals surface area contributed by atoms with Gasteiger partial charge in [-0.3, -0.25) is 4.99 Å². The highest BCUT2D eigenvalue weighted by molar-refractivity contribution is 6.71. The Morgan fingerprint density at radius 1 is 1.17 bits per heavy atom. The first-order chi connectivity index (χ1) is 5.10. The highest BCUT2D eigenvalue weighted by Crippen LogP contribution is 2.10. The van der Waals surface area contributed by atoms with E-state index in [2.05, 4.69) is 45.4 Å². The van der Waals surface area contributed by atoms with Crippen molar-refractivity contribution in [1.82, 2.24) is 0 Å². The van der Waals surface area contributed by atoms with Crippen LogP contribution in [0.3, 0.4) is 0 Å². The first-order valence-electron chi connectivity index (χ1n) is 4.36. The van der Waals surface area contributed by atoms with Gasteiger partial charge in [-0.25, -0.2) is 0 Å². The summed E-state index contributed by atoms with van der Waals surface area (Å²) in [5.74, 6) is 0.821. The molecule has 2 nitrogen and oxygen atoms in total. The standard InChI is InChI=1S/C9H21NOSi/c1-8(10-9(2,3)4)11-12(5,6)7/h1-7H3. The Morgan fingerprint density at radius 2 is 1.58 bits per heavy atom. The highest BCUT2D eigenvalue weighted by atomic mass is 28.4. The van der Waals surface area contributed by atoms with Crippen LogP contribution in [0.4, 0.5) is 0 Å². The molecule has 0 rings (SSSR count). The van der Waals surface area contributed by atoms with Crippen molar-refractivity contribution >= 4 is 14.2 Å². The van der Waals surface area contributed by atoms with Gasteiger partial charge in [0.25, 0.3) is 0 Å². The van der Waals surface area contributed by atoms with E-state index in [1.807, 2.05) is 6.92 Å². The molecule has 0 N–H and O–H groups in total. The van der Waals surface area contributed by atoms with Crippen molar-refractivity contribution in [3.05, 3.63) is 0 Å². The maximum Gasteiger partial charge on any atom is 0.243 e. The summed E-state index contributed by atoms with van der Waals surface area (Å²) in [4.78, 5) is 4.42. The molecule has 0 spiro atoms. The van der Waals surface area contributed by atoms with Crippen molar-refractivity contribution in [2.75, 3.05) is 0 Å². The van der Waals surface area contributed by atoms with Crippen molar-refractivity contribution in [3.63, 3.8) is 0 Å². The Balaban J connectivity index is 4.23. The molecule has 0 aliphatic rings. The lowest BCUT2D eigenvalue weighted by molar-refractivity contribution is 0.506. The van der Waals surface area contributed by atoms with Gasteiger partial charge in [0, 0.05) is 6.92 Å². The van der Waals surface area contributed by atoms with E-state index in [1.54, 1.807) is 0 Å². The first-order valence-corrected chi connectivity index (χ1v) is 7.76. The number of rotatable bonds is 1. The number of nitrogens with zero attached hydrogens (tertiary/aromatic N) is 1. The average molecular weight is 187 g/mol. The van der Waals surface area contributed by atoms with Crippen molar-refractivity contribution in [2.45, 2.75) is 52.9 Å². The minimum atomic E-state index is -1.45. The predicted molar refractivity (Wildman–Crippen MR) is 57.3 cm³/mol. The van der Waals surface area contributed by atoms with E-state index in [1.165, 1.54) is 0 Å². The van der Waals surface area contributed by atoms with Crippen LogP contribution < -0.4 is 0 Å². The van der Waals surface area contributed by atoms with Crippen LogP contribution in [-0.4, -0.2) is 19.8 Å². The number of aliphatic imine (C=N–C) groups is 1. The Bertz CT molecular complexity index is 174. The molecule has 0 saturated heterocycles. The molecule has 0 saturated carbocycles. The van der Waals surface area contributed by atoms with Gasteiger partial charge in [0.1, 0.15) is 0 Å². The smallest absolute Gasteiger partial charge is 0.243 e. The van der Waals surface area contributed by atoms with Gasteiger partial charge in [0.15, 0.2) is 5.90 Å². The third kappa shape index (κ3) is 7.79. The van der Waals surface area contributed by atoms with Gasteiger partial charge in [-0.05, 0) is 40.4 Å². The zero-order valence-electron chi connectivity index (χ0n) is 9.36. The molecule has 0 aliphatic heterocycles. The molecule has 0 fully saturated rings. The SMILES string of the molecule is CC(=NC(C)(C)C)O[Si](C)(C)C. The lowest BCUT2D eigenvalue weighted by Crippen LogP contribution is -2.29. The fourth-order valence-corrected chi connectivity index (χ4v) is 1.87. The second-order valence-corrected chi connectivity index (χ2v) is 9.44. The zero-order valence-corrected chi connectivity index (χ0v) is 10.4. The van der Waals surface area contributed by atoms with Gasteiger partial charge >= 0.3 is 0 Å². The maximum absolute atomic E-state index is 5.70. The second-order valence-electron chi connectivity index (χ2n) is 5.02. The van der Waals surface area contributed by atoms with Crippen molar-refractivity contribution in [2.24, 2.45) is 4.99 Å². The third-order valence-corrected chi connectivity index (χ3v) is 1.85. The Morgan fingerprint density at radius 3 is 1.83 bits per heavy atom. The van der Waals surface area contributed by atoms with Crippen LogP contribution >= 0.6 is 0 Å². The van der Waals surface area contributed by atoms with Gasteiger partial charge in [0.05, 0.1) is 5.54 Å². The molecule has 72 valence electrons. The summed E-state index contributed by atoms with van der Waals surface area (Å²) in [6.45, 7) is 14.6. The number of hydrogen-bond donors (Lipinski definition) is 0. The van der Waals surface area contributed by atoms with Gasteiger partial charge in [-0.1, -0.05) is 0 Å². The van der Waals surface area contributed by atoms with E-state index in [9.17, 15) is 0 Å². The van der Waals surface area contributed by atoms with Gasteiger partial charge in [0.2, 0.25) is 8.32 Å². The Kier molecular flexibility index (Phi) is 3.51. The van der Waals surface area contributed by atoms with Crippen LogP contribution in [0, 0.1) is 0 Å². The second kappa shape index (κ2) is 3.60. The molecule has 0 aromatic carbocycles. The predicted octanol–water partition coefficient (Wildman–Crippen LogP) is 3.05. The normalized spacial score (nSPS) is 14.8. The van der Waals surface area contributed by atoms with E-state index in [0.717, 1.165) is 5.90 Å². The summed E-state index contributed by atoms with van der Waals surface area (Å²) in [6.07, 6.45) is 0. The summed E-state index contributed by atoms with van der Waals surface area (Å²) < 4.78 is 5.70. The summed E-state index contributed by atoms with van der Waals surface area (Å²) in [7, 11) is -1.45. The van der Waals surface area contributed by atoms with Gasteiger partial charge < -0.3 is 4.43 Å². The lowest BCUT2D eigenvalue weighted by atomic mass is 10.1. The van der Waals surface area contributed by atoms with Gasteiger partial charge in [-0.2, -0.15) is 0 Å². The Hall–Kier alpha value is -0.313. The molecule has 0 amide bonds. The number of hydrogen-bond acceptors (Lipinski definition) is 2. The fraction of sp³-hybridized carbons (Fsp3) is 0.889. The molecule has 0 heterocycles. The van der Waals surface area contributed by atoms with Crippen LogP contribution in [0.2, 0.25) is 19.6 Å². The topological polar surface area (TPSA) is 21.6 Å². The van der Waals surface area contributed by atoms with Crippen LogP contribution in [0.15, 0.2) is 4.99 Å². The monoisotopic (exact) mass is 187 g/mol.